The van der Waals surface area contributed by atoms with Gasteiger partial charge in [-0.1, -0.05) is 0 Å². The first-order valence-electron chi connectivity index (χ1n) is 3.69. The summed E-state index contributed by atoms with van der Waals surface area (Å²) in [6.07, 6.45) is 0. The van der Waals surface area contributed by atoms with Gasteiger partial charge in [-0.05, 0) is 20.8 Å². The van der Waals surface area contributed by atoms with Crippen molar-refractivity contribution in [3.63, 3.8) is 0 Å². The molecule has 74 valence electrons. The molecule has 1 aromatic heterocycles. The van der Waals surface area contributed by atoms with Crippen LogP contribution in [0.4, 0.5) is 0 Å². The summed E-state index contributed by atoms with van der Waals surface area (Å²) >= 11 is 1.37. The monoisotopic (exact) mass is 239 g/mol. The number of hydrogen-bond acceptors (Lipinski definition) is 4. The number of halogens is 1. The van der Waals surface area contributed by atoms with E-state index in [9.17, 15) is 8.42 Å². The molecule has 0 fully saturated rings. The van der Waals surface area contributed by atoms with Crippen LogP contribution in [0.25, 0.3) is 0 Å². The Morgan fingerprint density at radius 3 is 2.31 bits per heavy atom. The number of aromatic nitrogens is 1. The van der Waals surface area contributed by atoms with Gasteiger partial charge in [0.1, 0.15) is 5.25 Å². The van der Waals surface area contributed by atoms with Gasteiger partial charge in [-0.2, -0.15) is 0 Å². The van der Waals surface area contributed by atoms with E-state index >= 15 is 0 Å². The Morgan fingerprint density at radius 1 is 1.46 bits per heavy atom. The van der Waals surface area contributed by atoms with Gasteiger partial charge in [-0.15, -0.1) is 11.3 Å². The molecule has 0 amide bonds. The minimum atomic E-state index is -3.52. The first-order valence-corrected chi connectivity index (χ1v) is 6.88. The standard InChI is InChI=1S/C7H10ClNO2S2/c1-4-7(12-6(3)9-4)5(2)13(8,10)11/h5H,1-3H3. The minimum Gasteiger partial charge on any atom is -0.247 e. The second kappa shape index (κ2) is 3.55. The van der Waals surface area contributed by atoms with Gasteiger partial charge in [0.25, 0.3) is 0 Å². The summed E-state index contributed by atoms with van der Waals surface area (Å²) < 4.78 is 22.1. The topological polar surface area (TPSA) is 47.0 Å². The first-order chi connectivity index (χ1) is 5.82. The molecule has 6 heteroatoms. The van der Waals surface area contributed by atoms with Crippen molar-refractivity contribution in [1.29, 1.82) is 0 Å². The van der Waals surface area contributed by atoms with Gasteiger partial charge in [0, 0.05) is 15.6 Å². The molecule has 0 aliphatic carbocycles. The molecule has 1 atom stereocenters. The van der Waals surface area contributed by atoms with Crippen molar-refractivity contribution < 1.29 is 8.42 Å². The van der Waals surface area contributed by atoms with Gasteiger partial charge in [-0.3, -0.25) is 0 Å². The summed E-state index contributed by atoms with van der Waals surface area (Å²) in [5, 5.41) is 0.194. The van der Waals surface area contributed by atoms with Crippen molar-refractivity contribution >= 4 is 31.1 Å². The third-order valence-corrected chi connectivity index (χ3v) is 5.02. The van der Waals surface area contributed by atoms with Crippen molar-refractivity contribution in [2.75, 3.05) is 0 Å². The average Bonchev–Trinajstić information content (AvgIpc) is 2.26. The molecule has 0 bridgehead atoms. The molecular weight excluding hydrogens is 230 g/mol. The number of thiazole rings is 1. The molecule has 0 aliphatic heterocycles. The van der Waals surface area contributed by atoms with Crippen LogP contribution in [0.5, 0.6) is 0 Å². The molecule has 1 unspecified atom stereocenters. The maximum atomic E-state index is 11.0. The lowest BCUT2D eigenvalue weighted by Gasteiger charge is -2.04. The van der Waals surface area contributed by atoms with E-state index in [0.717, 1.165) is 15.6 Å². The summed E-state index contributed by atoms with van der Waals surface area (Å²) in [5.41, 5.74) is 0.749. The third kappa shape index (κ3) is 2.42. The summed E-state index contributed by atoms with van der Waals surface area (Å²) in [4.78, 5) is 4.87. The van der Waals surface area contributed by atoms with Crippen LogP contribution in [0.2, 0.25) is 0 Å². The van der Waals surface area contributed by atoms with Crippen LogP contribution in [-0.4, -0.2) is 13.4 Å². The molecule has 1 rings (SSSR count). The van der Waals surface area contributed by atoms with Gasteiger partial charge in [0.15, 0.2) is 0 Å². The van der Waals surface area contributed by atoms with Gasteiger partial charge in [0.2, 0.25) is 9.05 Å². The van der Waals surface area contributed by atoms with Crippen molar-refractivity contribution in [3.8, 4) is 0 Å². The third-order valence-electron chi connectivity index (χ3n) is 1.73. The fraction of sp³-hybridized carbons (Fsp3) is 0.571. The highest BCUT2D eigenvalue weighted by atomic mass is 35.7. The van der Waals surface area contributed by atoms with Gasteiger partial charge in [0.05, 0.1) is 10.7 Å². The van der Waals surface area contributed by atoms with Crippen molar-refractivity contribution in [3.05, 3.63) is 15.6 Å². The SMILES string of the molecule is Cc1nc(C)c(C(C)S(=O)(=O)Cl)s1. The molecule has 0 saturated carbocycles. The molecule has 0 N–H and O–H groups in total. The average molecular weight is 240 g/mol. The molecule has 0 aromatic carbocycles. The van der Waals surface area contributed by atoms with Crippen LogP contribution in [0, 0.1) is 13.8 Å². The summed E-state index contributed by atoms with van der Waals surface area (Å²) in [7, 11) is 1.73. The van der Waals surface area contributed by atoms with Crippen molar-refractivity contribution in [2.24, 2.45) is 0 Å². The Bertz CT molecular complexity index is 410. The molecule has 0 saturated heterocycles. The molecule has 0 aliphatic rings. The fourth-order valence-electron chi connectivity index (χ4n) is 1.05. The second-order valence-corrected chi connectivity index (χ2v) is 6.98. The number of rotatable bonds is 2. The molecule has 0 spiro atoms. The van der Waals surface area contributed by atoms with Crippen LogP contribution in [0.3, 0.4) is 0 Å². The zero-order valence-corrected chi connectivity index (χ0v) is 9.92. The molecule has 3 nitrogen and oxygen atoms in total. The smallest absolute Gasteiger partial charge is 0.240 e. The second-order valence-electron chi connectivity index (χ2n) is 2.80. The quantitative estimate of drug-likeness (QED) is 0.745. The van der Waals surface area contributed by atoms with E-state index in [1.165, 1.54) is 11.3 Å². The highest BCUT2D eigenvalue weighted by Gasteiger charge is 2.23. The zero-order valence-electron chi connectivity index (χ0n) is 7.54. The fourth-order valence-corrected chi connectivity index (χ4v) is 3.29. The molecule has 0 radical (unpaired) electrons. The molecular formula is C7H10ClNO2S2. The lowest BCUT2D eigenvalue weighted by atomic mass is 10.3. The van der Waals surface area contributed by atoms with E-state index in [2.05, 4.69) is 4.98 Å². The molecule has 1 aromatic rings. The van der Waals surface area contributed by atoms with Crippen LogP contribution < -0.4 is 0 Å². The van der Waals surface area contributed by atoms with E-state index in [0.29, 0.717) is 0 Å². The lowest BCUT2D eigenvalue weighted by Crippen LogP contribution is -2.02. The maximum Gasteiger partial charge on any atom is 0.240 e. The first kappa shape index (κ1) is 10.9. The van der Waals surface area contributed by atoms with Crippen LogP contribution in [-0.2, 0) is 9.05 Å². The van der Waals surface area contributed by atoms with Gasteiger partial charge < -0.3 is 0 Å². The molecule has 1 heterocycles. The Labute approximate surface area is 86.2 Å². The lowest BCUT2D eigenvalue weighted by molar-refractivity contribution is 0.601. The number of hydrogen-bond donors (Lipinski definition) is 0. The predicted molar refractivity (Wildman–Crippen MR) is 54.8 cm³/mol. The minimum absolute atomic E-state index is 0.666. The summed E-state index contributed by atoms with van der Waals surface area (Å²) in [6.45, 7) is 5.20. The normalized spacial score (nSPS) is 14.5. The van der Waals surface area contributed by atoms with E-state index in [4.69, 9.17) is 10.7 Å². The maximum absolute atomic E-state index is 11.0. The Balaban J connectivity index is 3.16. The van der Waals surface area contributed by atoms with Crippen LogP contribution in [0.1, 0.15) is 27.8 Å². The predicted octanol–water partition coefficient (Wildman–Crippen LogP) is 2.39. The van der Waals surface area contributed by atoms with Crippen molar-refractivity contribution in [1.82, 2.24) is 4.98 Å². The van der Waals surface area contributed by atoms with Crippen molar-refractivity contribution in [2.45, 2.75) is 26.0 Å². The number of aryl methyl sites for hydroxylation is 2. The Hall–Kier alpha value is -0.130. The molecule has 13 heavy (non-hydrogen) atoms. The van der Waals surface area contributed by atoms with E-state index in [1.54, 1.807) is 13.8 Å². The number of nitrogens with zero attached hydrogens (tertiary/aromatic N) is 1. The highest BCUT2D eigenvalue weighted by molar-refractivity contribution is 8.14. The van der Waals surface area contributed by atoms with Gasteiger partial charge in [-0.25, -0.2) is 13.4 Å². The Morgan fingerprint density at radius 2 is 2.00 bits per heavy atom. The van der Waals surface area contributed by atoms with Crippen LogP contribution >= 0.6 is 22.0 Å². The highest BCUT2D eigenvalue weighted by Crippen LogP contribution is 2.31. The van der Waals surface area contributed by atoms with E-state index in [1.807, 2.05) is 6.92 Å². The van der Waals surface area contributed by atoms with E-state index < -0.39 is 14.3 Å². The summed E-state index contributed by atoms with van der Waals surface area (Å²) in [6, 6.07) is 0. The Kier molecular flexibility index (Phi) is 2.99. The van der Waals surface area contributed by atoms with E-state index in [-0.39, 0.29) is 0 Å². The zero-order chi connectivity index (χ0) is 10.2. The van der Waals surface area contributed by atoms with Gasteiger partial charge >= 0.3 is 0 Å². The summed E-state index contributed by atoms with van der Waals surface area (Å²) in [5.74, 6) is 0. The largest absolute Gasteiger partial charge is 0.247 e. The van der Waals surface area contributed by atoms with Crippen LogP contribution in [0.15, 0.2) is 0 Å².